The van der Waals surface area contributed by atoms with Crippen LogP contribution in [0.25, 0.3) is 0 Å². The molecule has 4 heteroatoms. The minimum Gasteiger partial charge on any atom is -0.492 e. The Bertz CT molecular complexity index is 847. The Kier molecular flexibility index (Phi) is 7.81. The number of ether oxygens (including phenoxy) is 3. The summed E-state index contributed by atoms with van der Waals surface area (Å²) in [5, 5.41) is 3.38. The third-order valence-corrected chi connectivity index (χ3v) is 4.47. The Morgan fingerprint density at radius 3 is 2.03 bits per heavy atom. The highest BCUT2D eigenvalue weighted by Gasteiger charge is 2.03. The molecular formula is C25H29NO3. The predicted octanol–water partition coefficient (Wildman–Crippen LogP) is 5.76. The zero-order valence-corrected chi connectivity index (χ0v) is 17.1. The Morgan fingerprint density at radius 2 is 1.28 bits per heavy atom. The van der Waals surface area contributed by atoms with E-state index < -0.39 is 0 Å². The molecule has 0 bridgehead atoms. The Balaban J connectivity index is 1.40. The van der Waals surface area contributed by atoms with Gasteiger partial charge >= 0.3 is 0 Å². The van der Waals surface area contributed by atoms with Gasteiger partial charge in [0.2, 0.25) is 0 Å². The van der Waals surface area contributed by atoms with Crippen molar-refractivity contribution >= 4 is 5.69 Å². The molecule has 3 aromatic carbocycles. The third-order valence-electron chi connectivity index (χ3n) is 4.47. The first kappa shape index (κ1) is 20.6. The first-order valence-electron chi connectivity index (χ1n) is 10.1. The van der Waals surface area contributed by atoms with Gasteiger partial charge in [-0.3, -0.25) is 0 Å². The van der Waals surface area contributed by atoms with Crippen LogP contribution in [0.4, 0.5) is 5.69 Å². The van der Waals surface area contributed by atoms with Crippen molar-refractivity contribution in [2.24, 2.45) is 0 Å². The number of benzene rings is 3. The molecule has 0 radical (unpaired) electrons. The molecule has 0 aliphatic heterocycles. The van der Waals surface area contributed by atoms with Crippen molar-refractivity contribution in [3.63, 3.8) is 0 Å². The summed E-state index contributed by atoms with van der Waals surface area (Å²) < 4.78 is 17.4. The van der Waals surface area contributed by atoms with Crippen molar-refractivity contribution in [1.82, 2.24) is 0 Å². The summed E-state index contributed by atoms with van der Waals surface area (Å²) in [6.45, 7) is 6.61. The van der Waals surface area contributed by atoms with E-state index in [2.05, 4.69) is 31.3 Å². The van der Waals surface area contributed by atoms with Gasteiger partial charge in [0.25, 0.3) is 0 Å². The fourth-order valence-electron chi connectivity index (χ4n) is 2.87. The van der Waals surface area contributed by atoms with Crippen molar-refractivity contribution < 1.29 is 14.2 Å². The van der Waals surface area contributed by atoms with Gasteiger partial charge in [-0.25, -0.2) is 0 Å². The topological polar surface area (TPSA) is 39.7 Å². The molecule has 0 aromatic heterocycles. The van der Waals surface area contributed by atoms with Crippen LogP contribution in [0.1, 0.15) is 25.3 Å². The van der Waals surface area contributed by atoms with E-state index in [-0.39, 0.29) is 0 Å². The summed E-state index contributed by atoms with van der Waals surface area (Å²) in [6.07, 6.45) is 0. The molecule has 3 aromatic rings. The van der Waals surface area contributed by atoms with E-state index >= 15 is 0 Å². The molecule has 4 nitrogen and oxygen atoms in total. The molecule has 3 rings (SSSR count). The fourth-order valence-corrected chi connectivity index (χ4v) is 2.87. The largest absolute Gasteiger partial charge is 0.492 e. The number of nitrogens with one attached hydrogen (secondary N) is 1. The molecule has 0 atom stereocenters. The lowest BCUT2D eigenvalue weighted by molar-refractivity contribution is 0.217. The van der Waals surface area contributed by atoms with Crippen LogP contribution in [0.5, 0.6) is 17.2 Å². The third kappa shape index (κ3) is 6.75. The molecule has 0 saturated carbocycles. The first-order valence-corrected chi connectivity index (χ1v) is 10.1. The van der Waals surface area contributed by atoms with E-state index in [1.165, 1.54) is 5.56 Å². The minimum absolute atomic E-state index is 0.478. The van der Waals surface area contributed by atoms with Gasteiger partial charge in [-0.05, 0) is 47.9 Å². The van der Waals surface area contributed by atoms with E-state index in [4.69, 9.17) is 14.2 Å². The van der Waals surface area contributed by atoms with Gasteiger partial charge < -0.3 is 19.5 Å². The van der Waals surface area contributed by atoms with Crippen molar-refractivity contribution in [2.75, 3.05) is 31.7 Å². The van der Waals surface area contributed by atoms with Crippen LogP contribution in [0, 0.1) is 0 Å². The molecule has 152 valence electrons. The maximum Gasteiger partial charge on any atom is 0.142 e. The van der Waals surface area contributed by atoms with Gasteiger partial charge in [0.05, 0.1) is 5.69 Å². The summed E-state index contributed by atoms with van der Waals surface area (Å²) in [7, 11) is 0. The van der Waals surface area contributed by atoms with Crippen molar-refractivity contribution in [3.05, 3.63) is 84.4 Å². The molecule has 0 aliphatic carbocycles. The highest BCUT2D eigenvalue weighted by Crippen LogP contribution is 2.24. The van der Waals surface area contributed by atoms with E-state index in [0.717, 1.165) is 22.9 Å². The van der Waals surface area contributed by atoms with Crippen molar-refractivity contribution in [1.29, 1.82) is 0 Å². The molecule has 0 aliphatic rings. The van der Waals surface area contributed by atoms with E-state index in [0.29, 0.717) is 32.3 Å². The minimum atomic E-state index is 0.478. The Morgan fingerprint density at radius 1 is 0.655 bits per heavy atom. The SMILES string of the molecule is CC(C)c1ccc(OCCNc2ccccc2OCCOc2ccccc2)cc1. The number of rotatable bonds is 11. The average Bonchev–Trinajstić information content (AvgIpc) is 2.76. The van der Waals surface area contributed by atoms with Crippen LogP contribution in [0.2, 0.25) is 0 Å². The van der Waals surface area contributed by atoms with Crippen LogP contribution in [0.3, 0.4) is 0 Å². The normalized spacial score (nSPS) is 10.6. The second-order valence-electron chi connectivity index (χ2n) is 7.01. The molecule has 1 N–H and O–H groups in total. The van der Waals surface area contributed by atoms with Crippen LogP contribution >= 0.6 is 0 Å². The molecule has 29 heavy (non-hydrogen) atoms. The Labute approximate surface area is 173 Å². The van der Waals surface area contributed by atoms with Gasteiger partial charge in [-0.2, -0.15) is 0 Å². The standard InChI is InChI=1S/C25H29NO3/c1-20(2)21-12-14-23(15-13-21)27-17-16-26-24-10-6-7-11-25(24)29-19-18-28-22-8-4-3-5-9-22/h3-15,20,26H,16-19H2,1-2H3. The molecular weight excluding hydrogens is 362 g/mol. The molecule has 0 fully saturated rings. The number of hydrogen-bond donors (Lipinski definition) is 1. The predicted molar refractivity (Wildman–Crippen MR) is 118 cm³/mol. The molecule has 0 saturated heterocycles. The van der Waals surface area contributed by atoms with Crippen LogP contribution in [-0.4, -0.2) is 26.4 Å². The summed E-state index contributed by atoms with van der Waals surface area (Å²) in [5.41, 5.74) is 2.27. The van der Waals surface area contributed by atoms with Gasteiger partial charge in [0, 0.05) is 6.54 Å². The fraction of sp³-hybridized carbons (Fsp3) is 0.280. The smallest absolute Gasteiger partial charge is 0.142 e. The zero-order valence-electron chi connectivity index (χ0n) is 17.1. The zero-order chi connectivity index (χ0) is 20.3. The second kappa shape index (κ2) is 11.0. The van der Waals surface area contributed by atoms with Crippen LogP contribution < -0.4 is 19.5 Å². The van der Waals surface area contributed by atoms with Gasteiger partial charge in [-0.1, -0.05) is 56.3 Å². The lowest BCUT2D eigenvalue weighted by Gasteiger charge is -2.14. The van der Waals surface area contributed by atoms with Crippen LogP contribution in [-0.2, 0) is 0 Å². The molecule has 0 heterocycles. The summed E-state index contributed by atoms with van der Waals surface area (Å²) >= 11 is 0. The number of anilines is 1. The maximum atomic E-state index is 5.88. The summed E-state index contributed by atoms with van der Waals surface area (Å²) in [4.78, 5) is 0. The Hall–Kier alpha value is -3.14. The van der Waals surface area contributed by atoms with Crippen molar-refractivity contribution in [3.8, 4) is 17.2 Å². The van der Waals surface area contributed by atoms with Gasteiger partial charge in [0.15, 0.2) is 0 Å². The maximum absolute atomic E-state index is 5.88. The molecule has 0 unspecified atom stereocenters. The summed E-state index contributed by atoms with van der Waals surface area (Å²) in [5.74, 6) is 3.07. The van der Waals surface area contributed by atoms with Crippen molar-refractivity contribution in [2.45, 2.75) is 19.8 Å². The van der Waals surface area contributed by atoms with Gasteiger partial charge in [0.1, 0.15) is 37.1 Å². The van der Waals surface area contributed by atoms with E-state index in [1.807, 2.05) is 66.7 Å². The highest BCUT2D eigenvalue weighted by molar-refractivity contribution is 5.56. The quantitative estimate of drug-likeness (QED) is 0.422. The first-order chi connectivity index (χ1) is 14.2. The number of para-hydroxylation sites is 3. The number of hydrogen-bond acceptors (Lipinski definition) is 4. The summed E-state index contributed by atoms with van der Waals surface area (Å²) in [6, 6.07) is 26.0. The lowest BCUT2D eigenvalue weighted by Crippen LogP contribution is -2.14. The monoisotopic (exact) mass is 391 g/mol. The highest BCUT2D eigenvalue weighted by atomic mass is 16.5. The second-order valence-corrected chi connectivity index (χ2v) is 7.01. The molecule has 0 spiro atoms. The van der Waals surface area contributed by atoms with Gasteiger partial charge in [-0.15, -0.1) is 0 Å². The average molecular weight is 392 g/mol. The van der Waals surface area contributed by atoms with Crippen LogP contribution in [0.15, 0.2) is 78.9 Å². The van der Waals surface area contributed by atoms with E-state index in [9.17, 15) is 0 Å². The molecule has 0 amide bonds. The lowest BCUT2D eigenvalue weighted by atomic mass is 10.0. The van der Waals surface area contributed by atoms with E-state index in [1.54, 1.807) is 0 Å².